The van der Waals surface area contributed by atoms with E-state index in [9.17, 15) is 22.8 Å². The smallest absolute Gasteiger partial charge is 0.416 e. The minimum atomic E-state index is -4.56. The molecule has 3 heterocycles. The van der Waals surface area contributed by atoms with Crippen molar-refractivity contribution in [3.63, 3.8) is 0 Å². The molecule has 5 rings (SSSR count). The lowest BCUT2D eigenvalue weighted by molar-refractivity contribution is -0.139. The largest absolute Gasteiger partial charge is 0.484 e. The predicted molar refractivity (Wildman–Crippen MR) is 180 cm³/mol. The zero-order valence-corrected chi connectivity index (χ0v) is 28.0. The van der Waals surface area contributed by atoms with Crippen molar-refractivity contribution in [1.29, 1.82) is 0 Å². The van der Waals surface area contributed by atoms with Gasteiger partial charge in [0.2, 0.25) is 0 Å². The molecule has 2 aromatic heterocycles. The normalized spacial score (nSPS) is 15.7. The first-order chi connectivity index (χ1) is 22.6. The topological polar surface area (TPSA) is 124 Å². The third-order valence-corrected chi connectivity index (χ3v) is 8.65. The van der Waals surface area contributed by atoms with Crippen LogP contribution in [0.3, 0.4) is 0 Å². The SMILES string of the molecule is C[C@@H](Oc1cc(-n2cnc3cc(C4=CCC(NCCN(C)C(=O)OC(C)(C)C)N=C4)ccc32)sc1C(N)=O)c1ccccc1C(F)(F)F. The molecule has 0 aliphatic carbocycles. The molecule has 2 atom stereocenters. The summed E-state index contributed by atoms with van der Waals surface area (Å²) in [6.07, 6.45) is 0.0841. The minimum absolute atomic E-state index is 0.0535. The van der Waals surface area contributed by atoms with E-state index in [2.05, 4.69) is 21.4 Å². The summed E-state index contributed by atoms with van der Waals surface area (Å²) in [5, 5.41) is 3.90. The number of hydrogen-bond acceptors (Lipinski definition) is 8. The lowest BCUT2D eigenvalue weighted by Gasteiger charge is -2.25. The fraction of sp³-hybridized carbons (Fsp3) is 0.353. The lowest BCUT2D eigenvalue weighted by Crippen LogP contribution is -2.40. The van der Waals surface area contributed by atoms with Gasteiger partial charge in [-0.25, -0.2) is 9.78 Å². The van der Waals surface area contributed by atoms with Crippen molar-refractivity contribution in [3.05, 3.63) is 82.5 Å². The quantitative estimate of drug-likeness (QED) is 0.186. The predicted octanol–water partition coefficient (Wildman–Crippen LogP) is 6.99. The number of benzene rings is 2. The number of carbonyl (C=O) groups excluding carboxylic acids is 2. The van der Waals surface area contributed by atoms with E-state index in [1.165, 1.54) is 30.0 Å². The second-order valence-corrected chi connectivity index (χ2v) is 13.4. The van der Waals surface area contributed by atoms with Crippen LogP contribution in [0.25, 0.3) is 21.6 Å². The molecule has 0 radical (unpaired) electrons. The Morgan fingerprint density at radius 1 is 1.17 bits per heavy atom. The number of halogens is 3. The van der Waals surface area contributed by atoms with Gasteiger partial charge in [-0.15, -0.1) is 11.3 Å². The van der Waals surface area contributed by atoms with Gasteiger partial charge in [-0.3, -0.25) is 19.7 Å². The summed E-state index contributed by atoms with van der Waals surface area (Å²) in [5.74, 6) is -0.663. The van der Waals surface area contributed by atoms with Crippen LogP contribution in [0.4, 0.5) is 18.0 Å². The van der Waals surface area contributed by atoms with Crippen molar-refractivity contribution in [2.45, 2.75) is 58.2 Å². The van der Waals surface area contributed by atoms with Crippen molar-refractivity contribution in [1.82, 2.24) is 19.8 Å². The van der Waals surface area contributed by atoms with E-state index in [-0.39, 0.29) is 28.4 Å². The Labute approximate surface area is 280 Å². The van der Waals surface area contributed by atoms with Crippen LogP contribution in [0, 0.1) is 0 Å². The Morgan fingerprint density at radius 3 is 2.58 bits per heavy atom. The molecular weight excluding hydrogens is 645 g/mol. The van der Waals surface area contributed by atoms with Crippen molar-refractivity contribution < 1.29 is 32.2 Å². The number of thiophene rings is 1. The second-order valence-electron chi connectivity index (χ2n) is 12.4. The number of alkyl halides is 3. The first-order valence-corrected chi connectivity index (χ1v) is 16.1. The van der Waals surface area contributed by atoms with Crippen LogP contribution in [0.5, 0.6) is 5.75 Å². The van der Waals surface area contributed by atoms with Gasteiger partial charge in [0.15, 0.2) is 0 Å². The van der Waals surface area contributed by atoms with E-state index < -0.39 is 29.4 Å². The molecule has 1 aliphatic heterocycles. The lowest BCUT2D eigenvalue weighted by atomic mass is 10.0. The van der Waals surface area contributed by atoms with E-state index in [1.807, 2.05) is 39.0 Å². The molecule has 3 N–H and O–H groups in total. The highest BCUT2D eigenvalue weighted by atomic mass is 32.1. The summed E-state index contributed by atoms with van der Waals surface area (Å²) in [6.45, 7) is 8.00. The number of aromatic nitrogens is 2. The Hall–Kier alpha value is -4.69. The van der Waals surface area contributed by atoms with Crippen LogP contribution in [-0.2, 0) is 10.9 Å². The number of nitrogens with two attached hydrogens (primary N) is 1. The number of imidazole rings is 1. The molecule has 10 nitrogen and oxygen atoms in total. The molecule has 0 saturated carbocycles. The number of ether oxygens (including phenoxy) is 2. The zero-order valence-electron chi connectivity index (χ0n) is 27.2. The standard InChI is InChI=1S/C34H37F3N6O4S/c1-20(23-8-6-7-9-24(23)34(35,36)37)46-27-17-29(48-30(27)31(38)44)43-19-41-25-16-21(10-12-26(25)43)22-11-13-28(40-18-22)39-14-15-42(5)32(45)47-33(2,3)4/h6-12,16-20,28,39H,13-15H2,1-5H3,(H2,38,44)/t20-,28?/m1/s1. The van der Waals surface area contributed by atoms with Gasteiger partial charge in [-0.05, 0) is 57.0 Å². The van der Waals surface area contributed by atoms with E-state index in [4.69, 9.17) is 15.2 Å². The highest BCUT2D eigenvalue weighted by Gasteiger charge is 2.35. The zero-order chi connectivity index (χ0) is 34.8. The van der Waals surface area contributed by atoms with Crippen LogP contribution < -0.4 is 15.8 Å². The maximum absolute atomic E-state index is 13.6. The van der Waals surface area contributed by atoms with Gasteiger partial charge >= 0.3 is 12.3 Å². The molecule has 2 aromatic carbocycles. The van der Waals surface area contributed by atoms with Crippen molar-refractivity contribution >= 4 is 46.2 Å². The number of nitrogens with one attached hydrogen (secondary N) is 1. The van der Waals surface area contributed by atoms with Gasteiger partial charge < -0.3 is 20.1 Å². The van der Waals surface area contributed by atoms with E-state index >= 15 is 0 Å². The molecule has 1 aliphatic rings. The number of dihydropyridines is 1. The maximum atomic E-state index is 13.6. The molecule has 1 unspecified atom stereocenters. The van der Waals surface area contributed by atoms with E-state index in [0.717, 1.165) is 34.1 Å². The van der Waals surface area contributed by atoms with Gasteiger partial charge in [-0.2, -0.15) is 13.2 Å². The summed E-state index contributed by atoms with van der Waals surface area (Å²) in [7, 11) is 1.69. The number of carbonyl (C=O) groups is 2. The Bertz CT molecular complexity index is 1870. The Balaban J connectivity index is 1.26. The Morgan fingerprint density at radius 2 is 1.92 bits per heavy atom. The summed E-state index contributed by atoms with van der Waals surface area (Å²) in [4.78, 5) is 35.3. The van der Waals surface area contributed by atoms with Crippen molar-refractivity contribution in [2.24, 2.45) is 10.7 Å². The fourth-order valence-corrected chi connectivity index (χ4v) is 6.08. The summed E-state index contributed by atoms with van der Waals surface area (Å²) in [6, 6.07) is 12.5. The minimum Gasteiger partial charge on any atom is -0.484 e. The molecule has 4 aromatic rings. The number of amides is 2. The number of aliphatic imine (C=N–C) groups is 1. The first-order valence-electron chi connectivity index (χ1n) is 15.3. The van der Waals surface area contributed by atoms with E-state index in [0.29, 0.717) is 30.0 Å². The molecule has 0 bridgehead atoms. The third-order valence-electron chi connectivity index (χ3n) is 7.52. The van der Waals surface area contributed by atoms with Crippen LogP contribution in [0.1, 0.15) is 66.6 Å². The number of primary amides is 1. The molecule has 254 valence electrons. The monoisotopic (exact) mass is 682 g/mol. The van der Waals surface area contributed by atoms with Crippen molar-refractivity contribution in [2.75, 3.05) is 20.1 Å². The number of fused-ring (bicyclic) bond motifs is 1. The average Bonchev–Trinajstić information content (AvgIpc) is 3.64. The number of allylic oxidation sites excluding steroid dienone is 1. The van der Waals surface area contributed by atoms with Crippen LogP contribution in [0.2, 0.25) is 0 Å². The molecule has 0 spiro atoms. The van der Waals surface area contributed by atoms with Gasteiger partial charge in [0.1, 0.15) is 39.8 Å². The highest BCUT2D eigenvalue weighted by Crippen LogP contribution is 2.39. The molecule has 48 heavy (non-hydrogen) atoms. The Kier molecular flexibility index (Phi) is 9.97. The maximum Gasteiger partial charge on any atom is 0.416 e. The van der Waals surface area contributed by atoms with Crippen LogP contribution >= 0.6 is 11.3 Å². The van der Waals surface area contributed by atoms with Gasteiger partial charge in [0.05, 0.1) is 16.6 Å². The van der Waals surface area contributed by atoms with Gasteiger partial charge in [-0.1, -0.05) is 30.3 Å². The van der Waals surface area contributed by atoms with E-state index in [1.54, 1.807) is 30.2 Å². The third kappa shape index (κ3) is 8.05. The molecular formula is C34H37F3N6O4S. The van der Waals surface area contributed by atoms with Crippen LogP contribution in [-0.4, -0.2) is 64.6 Å². The number of rotatable bonds is 10. The average molecular weight is 683 g/mol. The van der Waals surface area contributed by atoms with Gasteiger partial charge in [0, 0.05) is 44.4 Å². The van der Waals surface area contributed by atoms with Gasteiger partial charge in [0.25, 0.3) is 5.91 Å². The molecule has 2 amide bonds. The number of likely N-dealkylation sites (N-methyl/N-ethyl adjacent to an activating group) is 1. The number of nitrogens with zero attached hydrogens (tertiary/aromatic N) is 4. The summed E-state index contributed by atoms with van der Waals surface area (Å²) < 4.78 is 53.9. The number of hydrogen-bond donors (Lipinski definition) is 2. The summed E-state index contributed by atoms with van der Waals surface area (Å²) >= 11 is 1.06. The second kappa shape index (κ2) is 13.8. The molecule has 14 heteroatoms. The fourth-order valence-electron chi connectivity index (χ4n) is 5.15. The first kappa shape index (κ1) is 34.6. The van der Waals surface area contributed by atoms with Crippen molar-refractivity contribution in [3.8, 4) is 10.8 Å². The summed E-state index contributed by atoms with van der Waals surface area (Å²) in [5.41, 5.74) is 7.52. The van der Waals surface area contributed by atoms with Crippen LogP contribution in [0.15, 0.2) is 65.9 Å². The highest BCUT2D eigenvalue weighted by molar-refractivity contribution is 7.16. The molecule has 0 fully saturated rings. The molecule has 0 saturated heterocycles.